The molecular formula is C6H11BNiO5. The van der Waals surface area contributed by atoms with Gasteiger partial charge in [-0.2, -0.15) is 0 Å². The predicted molar refractivity (Wildman–Crippen MR) is 34.9 cm³/mol. The number of hydrogen-bond acceptors (Lipinski definition) is 5. The maximum absolute atomic E-state index is 9.76. The van der Waals surface area contributed by atoms with Gasteiger partial charge in [0.15, 0.2) is 0 Å². The number of carbonyl (C=O) groups is 1. The van der Waals surface area contributed by atoms with Crippen LogP contribution in [0.15, 0.2) is 0 Å². The van der Waals surface area contributed by atoms with E-state index in [4.69, 9.17) is 15.1 Å². The van der Waals surface area contributed by atoms with Crippen LogP contribution in [0, 0.1) is 0 Å². The smallest absolute Gasteiger partial charge is 0.907 e. The zero-order valence-corrected chi connectivity index (χ0v) is 8.25. The van der Waals surface area contributed by atoms with E-state index in [1.54, 1.807) is 0 Å². The third-order valence-corrected chi connectivity index (χ3v) is 0.984. The summed E-state index contributed by atoms with van der Waals surface area (Å²) < 4.78 is 0. The van der Waals surface area contributed by atoms with E-state index in [0.717, 1.165) is 19.3 Å². The Balaban J connectivity index is -0.000000173. The number of aliphatic carboxylic acids is 1. The fourth-order valence-corrected chi connectivity index (χ4v) is 0.519. The molecule has 0 aromatic heterocycles. The molecule has 0 amide bonds. The van der Waals surface area contributed by atoms with Crippen LogP contribution in [0.2, 0.25) is 0 Å². The summed E-state index contributed by atoms with van der Waals surface area (Å²) in [6, 6.07) is 0. The van der Waals surface area contributed by atoms with Gasteiger partial charge in [-0.1, -0.05) is 19.8 Å². The molecule has 0 heterocycles. The minimum absolute atomic E-state index is 0. The Bertz CT molecular complexity index is 108. The molecule has 0 fully saturated rings. The summed E-state index contributed by atoms with van der Waals surface area (Å²) in [5, 5.41) is 35.0. The Kier molecular flexibility index (Phi) is 20.7. The van der Waals surface area contributed by atoms with Crippen molar-refractivity contribution in [3.63, 3.8) is 0 Å². The quantitative estimate of drug-likeness (QED) is 0.367. The number of carbonyl (C=O) groups excluding carboxylic acids is 1. The van der Waals surface area contributed by atoms with E-state index in [0.29, 0.717) is 0 Å². The van der Waals surface area contributed by atoms with Gasteiger partial charge in [0.05, 0.1) is 0 Å². The molecule has 78 valence electrons. The third kappa shape index (κ3) is 48.5. The summed E-state index contributed by atoms with van der Waals surface area (Å²) in [6.45, 7) is 2.04. The molecule has 0 aliphatic heterocycles. The normalized spacial score (nSPS) is 7.69. The maximum atomic E-state index is 9.76. The third-order valence-electron chi connectivity index (χ3n) is 0.984. The minimum atomic E-state index is -2.92. The SMILES string of the molecule is CCCCCC(=O)[O-].[Ni+4].[O-]B([O-])[O-]. The summed E-state index contributed by atoms with van der Waals surface area (Å²) in [5.74, 6) is -0.932. The zero-order chi connectivity index (χ0) is 9.98. The minimum Gasteiger partial charge on any atom is -0.907 e. The van der Waals surface area contributed by atoms with Crippen LogP contribution in [0.4, 0.5) is 0 Å². The van der Waals surface area contributed by atoms with Crippen molar-refractivity contribution in [1.82, 2.24) is 0 Å². The molecule has 0 atom stereocenters. The van der Waals surface area contributed by atoms with Gasteiger partial charge in [0.25, 0.3) is 0 Å². The van der Waals surface area contributed by atoms with Crippen LogP contribution in [0.1, 0.15) is 32.6 Å². The summed E-state index contributed by atoms with van der Waals surface area (Å²) in [5.41, 5.74) is 0. The van der Waals surface area contributed by atoms with Crippen LogP contribution in [0.5, 0.6) is 0 Å². The number of carboxylic acid groups (broad SMARTS) is 1. The summed E-state index contributed by atoms with van der Waals surface area (Å²) in [7, 11) is -2.92. The predicted octanol–water partition coefficient (Wildman–Crippen LogP) is -3.63. The molecule has 0 aliphatic rings. The monoisotopic (exact) mass is 232 g/mol. The molecular weight excluding hydrogens is 222 g/mol. The molecule has 0 N–H and O–H groups in total. The standard InChI is InChI=1S/C6H12O2.BO3.Ni/c1-2-3-4-5-6(7)8;2-1(3)4;/h2-5H2,1H3,(H,7,8);;/q;-3;+4/p-1. The van der Waals surface area contributed by atoms with E-state index in [2.05, 4.69) is 0 Å². The first-order valence-electron chi connectivity index (χ1n) is 3.68. The van der Waals surface area contributed by atoms with Gasteiger partial charge in [0.2, 0.25) is 0 Å². The summed E-state index contributed by atoms with van der Waals surface area (Å²) in [6.07, 6.45) is 3.04. The van der Waals surface area contributed by atoms with Crippen LogP contribution < -0.4 is 20.2 Å². The molecule has 7 heteroatoms. The molecule has 0 saturated carbocycles. The molecule has 0 saturated heterocycles. The van der Waals surface area contributed by atoms with Gasteiger partial charge in [-0.3, -0.25) is 7.32 Å². The van der Waals surface area contributed by atoms with Gasteiger partial charge in [0, 0.05) is 5.97 Å². The van der Waals surface area contributed by atoms with Gasteiger partial charge >= 0.3 is 16.5 Å². The molecule has 0 unspecified atom stereocenters. The van der Waals surface area contributed by atoms with E-state index >= 15 is 0 Å². The van der Waals surface area contributed by atoms with E-state index in [9.17, 15) is 9.90 Å². The van der Waals surface area contributed by atoms with Crippen molar-refractivity contribution in [2.45, 2.75) is 32.6 Å². The van der Waals surface area contributed by atoms with Crippen LogP contribution in [-0.4, -0.2) is 13.3 Å². The first kappa shape index (κ1) is 18.6. The van der Waals surface area contributed by atoms with Crippen molar-refractivity contribution in [2.75, 3.05) is 0 Å². The van der Waals surface area contributed by atoms with Crippen LogP contribution in [-0.2, 0) is 21.3 Å². The molecule has 0 bridgehead atoms. The topological polar surface area (TPSA) is 109 Å². The second-order valence-electron chi connectivity index (χ2n) is 2.12. The van der Waals surface area contributed by atoms with Crippen molar-refractivity contribution < 1.29 is 41.5 Å². The van der Waals surface area contributed by atoms with Crippen molar-refractivity contribution in [2.24, 2.45) is 0 Å². The molecule has 0 rings (SSSR count). The number of unbranched alkanes of at least 4 members (excludes halogenated alkanes) is 2. The Morgan fingerprint density at radius 2 is 1.62 bits per heavy atom. The second kappa shape index (κ2) is 14.4. The number of rotatable bonds is 4. The van der Waals surface area contributed by atoms with Crippen molar-refractivity contribution in [3.05, 3.63) is 0 Å². The zero-order valence-electron chi connectivity index (χ0n) is 7.26. The van der Waals surface area contributed by atoms with Gasteiger partial charge < -0.3 is 25.0 Å². The van der Waals surface area contributed by atoms with Gasteiger partial charge in [-0.15, -0.1) is 0 Å². The van der Waals surface area contributed by atoms with Crippen LogP contribution >= 0.6 is 0 Å². The van der Waals surface area contributed by atoms with E-state index < -0.39 is 13.3 Å². The molecule has 0 radical (unpaired) electrons. The van der Waals surface area contributed by atoms with Gasteiger partial charge in [-0.25, -0.2) is 0 Å². The molecule has 5 nitrogen and oxygen atoms in total. The molecule has 13 heavy (non-hydrogen) atoms. The first-order valence-corrected chi connectivity index (χ1v) is 3.68. The maximum Gasteiger partial charge on any atom is 4.00 e. The van der Waals surface area contributed by atoms with E-state index in [-0.39, 0.29) is 22.9 Å². The molecule has 0 spiro atoms. The van der Waals surface area contributed by atoms with Crippen molar-refractivity contribution >= 4 is 13.3 Å². The Morgan fingerprint density at radius 3 is 1.85 bits per heavy atom. The van der Waals surface area contributed by atoms with E-state index in [1.807, 2.05) is 6.92 Å². The van der Waals surface area contributed by atoms with Crippen molar-refractivity contribution in [1.29, 1.82) is 0 Å². The fourth-order valence-electron chi connectivity index (χ4n) is 0.519. The average Bonchev–Trinajstić information content (AvgIpc) is 1.86. The molecule has 0 aromatic rings. The largest absolute Gasteiger partial charge is 4.00 e. The average molecular weight is 233 g/mol. The van der Waals surface area contributed by atoms with Crippen molar-refractivity contribution in [3.8, 4) is 0 Å². The first-order chi connectivity index (χ1) is 5.50. The molecule has 0 aliphatic carbocycles. The Morgan fingerprint density at radius 1 is 1.23 bits per heavy atom. The number of carboxylic acids is 1. The number of hydrogen-bond donors (Lipinski definition) is 0. The van der Waals surface area contributed by atoms with Crippen LogP contribution in [0.3, 0.4) is 0 Å². The van der Waals surface area contributed by atoms with E-state index in [1.165, 1.54) is 0 Å². The van der Waals surface area contributed by atoms with Gasteiger partial charge in [0.1, 0.15) is 0 Å². The summed E-state index contributed by atoms with van der Waals surface area (Å²) in [4.78, 5) is 9.76. The fraction of sp³-hybridized carbons (Fsp3) is 0.833. The van der Waals surface area contributed by atoms with Crippen LogP contribution in [0.25, 0.3) is 0 Å². The Hall–Kier alpha value is -0.0916. The summed E-state index contributed by atoms with van der Waals surface area (Å²) >= 11 is 0. The Labute approximate surface area is 87.9 Å². The van der Waals surface area contributed by atoms with Gasteiger partial charge in [-0.05, 0) is 12.8 Å². The molecule has 0 aromatic carbocycles. The second-order valence-corrected chi connectivity index (χ2v) is 2.12.